The van der Waals surface area contributed by atoms with Crippen LogP contribution in [0.2, 0.25) is 0 Å². The van der Waals surface area contributed by atoms with Crippen LogP contribution >= 0.6 is 0 Å². The first-order valence-corrected chi connectivity index (χ1v) is 4.06. The van der Waals surface area contributed by atoms with Gasteiger partial charge < -0.3 is 14.9 Å². The molecule has 0 bridgehead atoms. The molecule has 0 saturated heterocycles. The fraction of sp³-hybridized carbons (Fsp3) is 0.750. The molecular formula is C8H14O5. The zero-order chi connectivity index (χ0) is 10.3. The summed E-state index contributed by atoms with van der Waals surface area (Å²) in [4.78, 5) is 21.0. The van der Waals surface area contributed by atoms with Crippen LogP contribution in [-0.4, -0.2) is 34.9 Å². The standard InChI is InChI=1S/C8H14O5/c1-6(10)13-8(12)5-7(11)3-2-4-9/h7,9,11H,2-5H2,1H3. The second-order valence-electron chi connectivity index (χ2n) is 2.69. The fourth-order valence-electron chi connectivity index (χ4n) is 0.823. The number of carbonyl (C=O) groups excluding carboxylic acids is 2. The minimum absolute atomic E-state index is 0.0290. The van der Waals surface area contributed by atoms with Gasteiger partial charge in [-0.15, -0.1) is 0 Å². The van der Waals surface area contributed by atoms with Crippen molar-refractivity contribution in [1.29, 1.82) is 0 Å². The molecule has 0 aliphatic rings. The molecule has 1 atom stereocenters. The highest BCUT2D eigenvalue weighted by atomic mass is 16.6. The predicted molar refractivity (Wildman–Crippen MR) is 43.7 cm³/mol. The van der Waals surface area contributed by atoms with Gasteiger partial charge in [0.1, 0.15) is 0 Å². The van der Waals surface area contributed by atoms with E-state index in [2.05, 4.69) is 4.74 Å². The Morgan fingerprint density at radius 3 is 2.54 bits per heavy atom. The van der Waals surface area contributed by atoms with E-state index in [1.165, 1.54) is 0 Å². The Morgan fingerprint density at radius 2 is 2.08 bits per heavy atom. The average molecular weight is 190 g/mol. The molecule has 0 aromatic rings. The van der Waals surface area contributed by atoms with Crippen LogP contribution in [0.5, 0.6) is 0 Å². The molecule has 0 fully saturated rings. The second kappa shape index (κ2) is 6.56. The van der Waals surface area contributed by atoms with E-state index in [4.69, 9.17) is 10.2 Å². The maximum Gasteiger partial charge on any atom is 0.316 e. The molecule has 0 amide bonds. The monoisotopic (exact) mass is 190 g/mol. The topological polar surface area (TPSA) is 83.8 Å². The molecule has 0 saturated carbocycles. The summed E-state index contributed by atoms with van der Waals surface area (Å²) in [7, 11) is 0. The van der Waals surface area contributed by atoms with E-state index in [9.17, 15) is 9.59 Å². The third kappa shape index (κ3) is 7.42. The number of carbonyl (C=O) groups is 2. The largest absolute Gasteiger partial charge is 0.396 e. The summed E-state index contributed by atoms with van der Waals surface area (Å²) in [5.74, 6) is -1.42. The van der Waals surface area contributed by atoms with E-state index in [1.807, 2.05) is 0 Å². The summed E-state index contributed by atoms with van der Waals surface area (Å²) in [5.41, 5.74) is 0. The van der Waals surface area contributed by atoms with Crippen LogP contribution in [0, 0.1) is 0 Å². The quantitative estimate of drug-likeness (QED) is 0.455. The zero-order valence-corrected chi connectivity index (χ0v) is 7.52. The lowest BCUT2D eigenvalue weighted by atomic mass is 10.1. The van der Waals surface area contributed by atoms with Gasteiger partial charge in [0.2, 0.25) is 0 Å². The molecule has 0 aliphatic heterocycles. The van der Waals surface area contributed by atoms with E-state index in [-0.39, 0.29) is 13.0 Å². The smallest absolute Gasteiger partial charge is 0.316 e. The van der Waals surface area contributed by atoms with Gasteiger partial charge in [-0.2, -0.15) is 0 Å². The predicted octanol–water partition coefficient (Wildman–Crippen LogP) is -0.400. The maximum atomic E-state index is 10.8. The zero-order valence-electron chi connectivity index (χ0n) is 7.52. The summed E-state index contributed by atoms with van der Waals surface area (Å²) in [5, 5.41) is 17.6. The van der Waals surface area contributed by atoms with E-state index >= 15 is 0 Å². The van der Waals surface area contributed by atoms with Gasteiger partial charge in [-0.3, -0.25) is 9.59 Å². The lowest BCUT2D eigenvalue weighted by Gasteiger charge is -2.07. The van der Waals surface area contributed by atoms with Gasteiger partial charge in [0.25, 0.3) is 0 Å². The lowest BCUT2D eigenvalue weighted by Crippen LogP contribution is -2.17. The molecule has 5 heteroatoms. The molecule has 2 N–H and O–H groups in total. The van der Waals surface area contributed by atoms with Crippen molar-refractivity contribution in [2.75, 3.05) is 6.61 Å². The van der Waals surface area contributed by atoms with Gasteiger partial charge in [0.05, 0.1) is 12.5 Å². The normalized spacial score (nSPS) is 12.2. The van der Waals surface area contributed by atoms with Crippen molar-refractivity contribution in [1.82, 2.24) is 0 Å². The first-order valence-electron chi connectivity index (χ1n) is 4.06. The Hall–Kier alpha value is -0.940. The number of esters is 2. The molecule has 1 unspecified atom stereocenters. The Labute approximate surface area is 76.3 Å². The van der Waals surface area contributed by atoms with Crippen LogP contribution in [0.3, 0.4) is 0 Å². The van der Waals surface area contributed by atoms with Crippen LogP contribution < -0.4 is 0 Å². The summed E-state index contributed by atoms with van der Waals surface area (Å²) < 4.78 is 4.20. The number of ether oxygens (including phenoxy) is 1. The molecule has 5 nitrogen and oxygen atoms in total. The van der Waals surface area contributed by atoms with Crippen molar-refractivity contribution >= 4 is 11.9 Å². The van der Waals surface area contributed by atoms with Gasteiger partial charge >= 0.3 is 11.9 Å². The van der Waals surface area contributed by atoms with E-state index < -0.39 is 18.0 Å². The lowest BCUT2D eigenvalue weighted by molar-refractivity contribution is -0.159. The Kier molecular flexibility index (Phi) is 6.09. The number of aliphatic hydroxyl groups is 2. The second-order valence-corrected chi connectivity index (χ2v) is 2.69. The van der Waals surface area contributed by atoms with E-state index in [0.717, 1.165) is 6.92 Å². The molecule has 0 heterocycles. The Bertz CT molecular complexity index is 177. The molecule has 13 heavy (non-hydrogen) atoms. The number of aliphatic hydroxyl groups excluding tert-OH is 2. The van der Waals surface area contributed by atoms with Gasteiger partial charge in [-0.05, 0) is 12.8 Å². The summed E-state index contributed by atoms with van der Waals surface area (Å²) in [6.45, 7) is 1.09. The minimum atomic E-state index is -0.848. The van der Waals surface area contributed by atoms with Crippen molar-refractivity contribution in [2.45, 2.75) is 32.3 Å². The highest BCUT2D eigenvalue weighted by molar-refractivity contribution is 5.84. The maximum absolute atomic E-state index is 10.8. The van der Waals surface area contributed by atoms with Crippen LogP contribution in [0.1, 0.15) is 26.2 Å². The van der Waals surface area contributed by atoms with Crippen LogP contribution in [0.25, 0.3) is 0 Å². The number of hydrogen-bond donors (Lipinski definition) is 2. The van der Waals surface area contributed by atoms with Gasteiger partial charge in [0, 0.05) is 13.5 Å². The molecular weight excluding hydrogens is 176 g/mol. The van der Waals surface area contributed by atoms with E-state index in [0.29, 0.717) is 12.8 Å². The van der Waals surface area contributed by atoms with Crippen LogP contribution in [0.15, 0.2) is 0 Å². The molecule has 0 rings (SSSR count). The molecule has 0 radical (unpaired) electrons. The SMILES string of the molecule is CC(=O)OC(=O)CC(O)CCCO. The first kappa shape index (κ1) is 12.1. The Morgan fingerprint density at radius 1 is 1.46 bits per heavy atom. The van der Waals surface area contributed by atoms with Crippen molar-refractivity contribution in [3.05, 3.63) is 0 Å². The third-order valence-corrected chi connectivity index (χ3v) is 1.36. The molecule has 0 spiro atoms. The third-order valence-electron chi connectivity index (χ3n) is 1.36. The van der Waals surface area contributed by atoms with Crippen molar-refractivity contribution in [3.63, 3.8) is 0 Å². The molecule has 0 aromatic heterocycles. The van der Waals surface area contributed by atoms with E-state index in [1.54, 1.807) is 0 Å². The highest BCUT2D eigenvalue weighted by Gasteiger charge is 2.12. The summed E-state index contributed by atoms with van der Waals surface area (Å²) in [6.07, 6.45) is -0.309. The fourth-order valence-corrected chi connectivity index (χ4v) is 0.823. The minimum Gasteiger partial charge on any atom is -0.396 e. The molecule has 0 aromatic carbocycles. The van der Waals surface area contributed by atoms with Gasteiger partial charge in [-0.25, -0.2) is 0 Å². The first-order chi connectivity index (χ1) is 6.06. The van der Waals surface area contributed by atoms with Crippen LogP contribution in [0.4, 0.5) is 0 Å². The van der Waals surface area contributed by atoms with Gasteiger partial charge in [-0.1, -0.05) is 0 Å². The number of hydrogen-bond acceptors (Lipinski definition) is 5. The van der Waals surface area contributed by atoms with Crippen LogP contribution in [-0.2, 0) is 14.3 Å². The van der Waals surface area contributed by atoms with Crippen molar-refractivity contribution in [2.24, 2.45) is 0 Å². The summed E-state index contributed by atoms with van der Waals surface area (Å²) >= 11 is 0. The number of rotatable bonds is 5. The molecule has 76 valence electrons. The van der Waals surface area contributed by atoms with Gasteiger partial charge in [0.15, 0.2) is 0 Å². The highest BCUT2D eigenvalue weighted by Crippen LogP contribution is 2.02. The van der Waals surface area contributed by atoms with Crippen molar-refractivity contribution in [3.8, 4) is 0 Å². The van der Waals surface area contributed by atoms with Crippen molar-refractivity contribution < 1.29 is 24.5 Å². The Balaban J connectivity index is 3.59. The average Bonchev–Trinajstić information content (AvgIpc) is 1.98. The molecule has 0 aliphatic carbocycles. The summed E-state index contributed by atoms with van der Waals surface area (Å²) in [6, 6.07) is 0.